The number of fused-ring (bicyclic) bond motifs is 6. The van der Waals surface area contributed by atoms with Gasteiger partial charge in [-0.25, -0.2) is 4.98 Å². The average molecular weight is 534 g/mol. The molecule has 0 radical (unpaired) electrons. The first kappa shape index (κ1) is 27.0. The van der Waals surface area contributed by atoms with Gasteiger partial charge in [0.05, 0.1) is 29.8 Å². The molecule has 5 heterocycles. The molecule has 5 rings (SSSR count). The van der Waals surface area contributed by atoms with Gasteiger partial charge >= 0.3 is 0 Å². The fraction of sp³-hybridized carbons (Fsp3) is 0.536. The highest BCUT2D eigenvalue weighted by Gasteiger charge is 2.28. The molecule has 11 heteroatoms. The highest BCUT2D eigenvalue weighted by Crippen LogP contribution is 2.33. The topological polar surface area (TPSA) is 124 Å². The van der Waals surface area contributed by atoms with Crippen molar-refractivity contribution in [2.75, 3.05) is 52.1 Å². The van der Waals surface area contributed by atoms with Crippen molar-refractivity contribution >= 4 is 17.5 Å². The number of aromatic nitrogens is 5. The third-order valence-electron chi connectivity index (χ3n) is 7.84. The van der Waals surface area contributed by atoms with Crippen molar-refractivity contribution in [3.05, 3.63) is 48.2 Å². The zero-order chi connectivity index (χ0) is 27.2. The fourth-order valence-electron chi connectivity index (χ4n) is 5.55. The van der Waals surface area contributed by atoms with Gasteiger partial charge in [-0.3, -0.25) is 19.4 Å². The number of amides is 2. The first-order chi connectivity index (χ1) is 19.0. The van der Waals surface area contributed by atoms with E-state index in [0.717, 1.165) is 70.3 Å². The number of nitrogens with one attached hydrogen (secondary N) is 3. The van der Waals surface area contributed by atoms with E-state index in [2.05, 4.69) is 60.6 Å². The smallest absolute Gasteiger partial charge is 0.274 e. The standard InChI is InChI=1S/C28H39N9O2/c1-35(2)15-16-36-13-10-20(11-14-36)25-9-4-3-5-12-29-28(39)26-24(18-30-34-26)33-27(38)23-8-6-7-22(32-23)21-17-31-37(25)19-21/h6-8,17-20,25H,3-5,9-16H2,1-2H3,(H,29,39)(H,30,34)(H,33,38). The molecule has 3 aromatic heterocycles. The molecule has 0 spiro atoms. The number of likely N-dealkylation sites (N-methyl/N-ethyl adjacent to an activating group) is 1. The molecule has 4 bridgehead atoms. The molecule has 2 aliphatic heterocycles. The molecular weight excluding hydrogens is 494 g/mol. The lowest BCUT2D eigenvalue weighted by molar-refractivity contribution is 0.0948. The van der Waals surface area contributed by atoms with E-state index in [0.29, 0.717) is 29.9 Å². The third kappa shape index (κ3) is 6.72. The SMILES string of the molecule is CN(C)CCN1CCC(C2CCCCCNC(=O)c3[nH]ncc3NC(=O)c3cccc(n3)-c3cnn2c3)CC1. The zero-order valence-corrected chi connectivity index (χ0v) is 22.9. The van der Waals surface area contributed by atoms with E-state index < -0.39 is 5.91 Å². The molecule has 1 saturated heterocycles. The van der Waals surface area contributed by atoms with Gasteiger partial charge in [0.15, 0.2) is 0 Å². The Hall–Kier alpha value is -3.57. The van der Waals surface area contributed by atoms with Gasteiger partial charge in [0, 0.05) is 31.4 Å². The number of piperidine rings is 1. The maximum atomic E-state index is 13.0. The van der Waals surface area contributed by atoms with Crippen molar-refractivity contribution in [2.24, 2.45) is 5.92 Å². The van der Waals surface area contributed by atoms with E-state index in [-0.39, 0.29) is 17.3 Å². The minimum atomic E-state index is -0.403. The highest BCUT2D eigenvalue weighted by molar-refractivity contribution is 6.07. The summed E-state index contributed by atoms with van der Waals surface area (Å²) in [5.41, 5.74) is 2.41. The molecule has 0 aliphatic carbocycles. The highest BCUT2D eigenvalue weighted by atomic mass is 16.2. The minimum absolute atomic E-state index is 0.235. The summed E-state index contributed by atoms with van der Waals surface area (Å²) >= 11 is 0. The van der Waals surface area contributed by atoms with Crippen LogP contribution in [0.2, 0.25) is 0 Å². The van der Waals surface area contributed by atoms with Crippen LogP contribution < -0.4 is 10.6 Å². The molecule has 1 fully saturated rings. The van der Waals surface area contributed by atoms with Crippen LogP contribution in [0.3, 0.4) is 0 Å². The Balaban J connectivity index is 1.37. The largest absolute Gasteiger partial charge is 0.351 e. The number of rotatable bonds is 4. The zero-order valence-electron chi connectivity index (χ0n) is 22.9. The van der Waals surface area contributed by atoms with Gasteiger partial charge in [0.1, 0.15) is 11.4 Å². The average Bonchev–Trinajstić information content (AvgIpc) is 3.62. The normalized spacial score (nSPS) is 20.1. The van der Waals surface area contributed by atoms with Crippen LogP contribution in [0.1, 0.15) is 65.5 Å². The monoisotopic (exact) mass is 533 g/mol. The van der Waals surface area contributed by atoms with E-state index >= 15 is 0 Å². The Bertz CT molecular complexity index is 1260. The van der Waals surface area contributed by atoms with Crippen molar-refractivity contribution in [3.63, 3.8) is 0 Å². The molecule has 1 unspecified atom stereocenters. The number of anilines is 1. The number of carbonyl (C=O) groups is 2. The molecular formula is C28H39N9O2. The van der Waals surface area contributed by atoms with Crippen molar-refractivity contribution in [2.45, 2.75) is 44.6 Å². The lowest BCUT2D eigenvalue weighted by atomic mass is 9.86. The van der Waals surface area contributed by atoms with E-state index in [1.165, 1.54) is 6.20 Å². The summed E-state index contributed by atoms with van der Waals surface area (Å²) in [6, 6.07) is 5.68. The van der Waals surface area contributed by atoms with Crippen molar-refractivity contribution in [1.29, 1.82) is 0 Å². The number of carbonyl (C=O) groups excluding carboxylic acids is 2. The molecule has 1 atom stereocenters. The maximum absolute atomic E-state index is 13.0. The van der Waals surface area contributed by atoms with Crippen molar-refractivity contribution in [3.8, 4) is 11.3 Å². The van der Waals surface area contributed by atoms with Crippen LogP contribution in [0.25, 0.3) is 11.3 Å². The Labute approximate surface area is 229 Å². The van der Waals surface area contributed by atoms with E-state index in [1.54, 1.807) is 6.07 Å². The summed E-state index contributed by atoms with van der Waals surface area (Å²) in [6.07, 6.45) is 11.7. The number of hydrogen-bond donors (Lipinski definition) is 3. The van der Waals surface area contributed by atoms with Crippen LogP contribution in [-0.2, 0) is 0 Å². The molecule has 208 valence electrons. The summed E-state index contributed by atoms with van der Waals surface area (Å²) in [6.45, 7) is 4.99. The molecule has 11 nitrogen and oxygen atoms in total. The Morgan fingerprint density at radius 2 is 1.82 bits per heavy atom. The van der Waals surface area contributed by atoms with Crippen LogP contribution in [0.15, 0.2) is 36.8 Å². The maximum Gasteiger partial charge on any atom is 0.274 e. The van der Waals surface area contributed by atoms with Crippen molar-refractivity contribution < 1.29 is 9.59 Å². The molecule has 3 aromatic rings. The molecule has 2 aliphatic rings. The molecule has 39 heavy (non-hydrogen) atoms. The molecule has 0 saturated carbocycles. The van der Waals surface area contributed by atoms with Crippen molar-refractivity contribution in [1.82, 2.24) is 40.1 Å². The lowest BCUT2D eigenvalue weighted by Crippen LogP contribution is -2.40. The van der Waals surface area contributed by atoms with Crippen LogP contribution in [0, 0.1) is 5.92 Å². The first-order valence-electron chi connectivity index (χ1n) is 14.0. The van der Waals surface area contributed by atoms with Gasteiger partial charge in [-0.1, -0.05) is 18.9 Å². The quantitative estimate of drug-likeness (QED) is 0.471. The van der Waals surface area contributed by atoms with Gasteiger partial charge in [-0.05, 0) is 70.9 Å². The molecule has 0 aromatic carbocycles. The summed E-state index contributed by atoms with van der Waals surface area (Å²) in [4.78, 5) is 35.1. The van der Waals surface area contributed by atoms with Gasteiger partial charge in [0.25, 0.3) is 11.8 Å². The number of likely N-dealkylation sites (tertiary alicyclic amines) is 1. The number of aromatic amines is 1. The second-order valence-electron chi connectivity index (χ2n) is 10.9. The molecule has 2 amide bonds. The number of pyridine rings is 1. The van der Waals surface area contributed by atoms with Gasteiger partial charge in [-0.2, -0.15) is 10.2 Å². The third-order valence-corrected chi connectivity index (χ3v) is 7.84. The van der Waals surface area contributed by atoms with Crippen LogP contribution >= 0.6 is 0 Å². The lowest BCUT2D eigenvalue weighted by Gasteiger charge is -2.36. The first-order valence-corrected chi connectivity index (χ1v) is 14.0. The van der Waals surface area contributed by atoms with Gasteiger partial charge in [-0.15, -0.1) is 0 Å². The van der Waals surface area contributed by atoms with E-state index in [4.69, 9.17) is 5.10 Å². The van der Waals surface area contributed by atoms with Gasteiger partial charge in [0.2, 0.25) is 0 Å². The summed E-state index contributed by atoms with van der Waals surface area (Å²) in [7, 11) is 4.25. The fourth-order valence-corrected chi connectivity index (χ4v) is 5.55. The number of H-pyrrole nitrogens is 1. The van der Waals surface area contributed by atoms with Crippen LogP contribution in [0.5, 0.6) is 0 Å². The second kappa shape index (κ2) is 12.5. The summed E-state index contributed by atoms with van der Waals surface area (Å²) in [5, 5.41) is 17.2. The van der Waals surface area contributed by atoms with Crippen LogP contribution in [0.4, 0.5) is 5.69 Å². The Morgan fingerprint density at radius 3 is 2.64 bits per heavy atom. The van der Waals surface area contributed by atoms with E-state index in [1.807, 2.05) is 18.3 Å². The second-order valence-corrected chi connectivity index (χ2v) is 10.9. The van der Waals surface area contributed by atoms with Gasteiger partial charge < -0.3 is 20.4 Å². The van der Waals surface area contributed by atoms with Crippen LogP contribution in [-0.4, -0.2) is 93.4 Å². The predicted octanol–water partition coefficient (Wildman–Crippen LogP) is 3.04. The summed E-state index contributed by atoms with van der Waals surface area (Å²) in [5.74, 6) is -0.130. The minimum Gasteiger partial charge on any atom is -0.351 e. The Kier molecular flexibility index (Phi) is 8.67. The predicted molar refractivity (Wildman–Crippen MR) is 150 cm³/mol. The molecule has 3 N–H and O–H groups in total. The van der Waals surface area contributed by atoms with E-state index in [9.17, 15) is 9.59 Å². The summed E-state index contributed by atoms with van der Waals surface area (Å²) < 4.78 is 2.13. The Morgan fingerprint density at radius 1 is 1.00 bits per heavy atom. The number of nitrogens with zero attached hydrogens (tertiary/aromatic N) is 6. The number of hydrogen-bond acceptors (Lipinski definition) is 7.